The lowest BCUT2D eigenvalue weighted by Gasteiger charge is -2.43. The molecular weight excluding hydrogens is 471 g/mol. The van der Waals surface area contributed by atoms with Gasteiger partial charge in [-0.1, -0.05) is 36.4 Å². The van der Waals surface area contributed by atoms with Gasteiger partial charge < -0.3 is 19.3 Å². The Balaban J connectivity index is 1.29. The lowest BCUT2D eigenvalue weighted by atomic mass is 9.95. The second-order valence-electron chi connectivity index (χ2n) is 10.1. The van der Waals surface area contributed by atoms with Crippen molar-refractivity contribution in [2.45, 2.75) is 50.5 Å². The van der Waals surface area contributed by atoms with Crippen LogP contribution in [-0.2, 0) is 4.74 Å². The molecule has 0 aliphatic carbocycles. The zero-order valence-corrected chi connectivity index (χ0v) is 21.5. The molecule has 7 nitrogen and oxygen atoms in total. The summed E-state index contributed by atoms with van der Waals surface area (Å²) >= 11 is 0. The molecule has 2 saturated heterocycles. The first-order valence-corrected chi connectivity index (χ1v) is 13.1. The fraction of sp³-hybridized carbons (Fsp3) is 0.448. The van der Waals surface area contributed by atoms with Crippen molar-refractivity contribution in [3.8, 4) is 11.1 Å². The topological polar surface area (TPSA) is 70.8 Å². The largest absolute Gasteiger partial charge is 0.390 e. The number of methoxy groups -OCH3 is 1. The number of likely N-dealkylation sites (tertiary alicyclic amines) is 2. The predicted octanol–water partition coefficient (Wildman–Crippen LogP) is 3.98. The first-order valence-electron chi connectivity index (χ1n) is 13.1. The highest BCUT2D eigenvalue weighted by Crippen LogP contribution is 2.31. The van der Waals surface area contributed by atoms with E-state index in [-0.39, 0.29) is 23.9 Å². The molecule has 1 N–H and O–H groups in total. The van der Waals surface area contributed by atoms with Gasteiger partial charge in [0.1, 0.15) is 11.5 Å². The van der Waals surface area contributed by atoms with Crippen molar-refractivity contribution in [3.05, 3.63) is 78.1 Å². The molecule has 2 fully saturated rings. The zero-order valence-electron chi connectivity index (χ0n) is 21.5. The van der Waals surface area contributed by atoms with Gasteiger partial charge in [-0.15, -0.1) is 0 Å². The summed E-state index contributed by atoms with van der Waals surface area (Å²) in [4.78, 5) is 22.3. The molecule has 0 spiro atoms. The molecule has 8 heteroatoms. The quantitative estimate of drug-likeness (QED) is 0.548. The van der Waals surface area contributed by atoms with Crippen molar-refractivity contribution in [3.63, 3.8) is 0 Å². The summed E-state index contributed by atoms with van der Waals surface area (Å²) in [5.74, 6) is -0.275. The first-order chi connectivity index (χ1) is 18.0. The molecule has 37 heavy (non-hydrogen) atoms. The normalized spacial score (nSPS) is 22.2. The van der Waals surface area contributed by atoms with Crippen molar-refractivity contribution < 1.29 is 19.0 Å². The number of aliphatic hydroxyl groups is 1. The number of amides is 1. The number of halogens is 1. The number of ether oxygens (including phenoxy) is 1. The van der Waals surface area contributed by atoms with Gasteiger partial charge in [-0.25, -0.2) is 9.37 Å². The summed E-state index contributed by atoms with van der Waals surface area (Å²) in [6, 6.07) is 14.8. The van der Waals surface area contributed by atoms with Gasteiger partial charge in [0.25, 0.3) is 5.91 Å². The highest BCUT2D eigenvalue weighted by atomic mass is 19.1. The summed E-state index contributed by atoms with van der Waals surface area (Å²) < 4.78 is 20.9. The Morgan fingerprint density at radius 3 is 2.54 bits per heavy atom. The Hall–Kier alpha value is -3.07. The Labute approximate surface area is 217 Å². The predicted molar refractivity (Wildman–Crippen MR) is 140 cm³/mol. The summed E-state index contributed by atoms with van der Waals surface area (Å²) in [6.07, 6.45) is 5.33. The molecule has 0 saturated carbocycles. The van der Waals surface area contributed by atoms with E-state index < -0.39 is 6.10 Å². The molecule has 3 atom stereocenters. The maximum absolute atomic E-state index is 13.6. The van der Waals surface area contributed by atoms with Crippen LogP contribution in [0.3, 0.4) is 0 Å². The number of hydrogen-bond donors (Lipinski definition) is 1. The van der Waals surface area contributed by atoms with Gasteiger partial charge in [-0.3, -0.25) is 9.69 Å². The number of aliphatic hydroxyl groups excluding tert-OH is 1. The monoisotopic (exact) mass is 506 g/mol. The molecule has 0 radical (unpaired) electrons. The zero-order chi connectivity index (χ0) is 25.9. The van der Waals surface area contributed by atoms with Crippen LogP contribution in [0.4, 0.5) is 4.39 Å². The molecule has 1 aromatic heterocycles. The maximum Gasteiger partial charge on any atom is 0.272 e. The number of rotatable bonds is 6. The van der Waals surface area contributed by atoms with Crippen LogP contribution in [0.15, 0.2) is 61.1 Å². The van der Waals surface area contributed by atoms with Crippen LogP contribution in [0.25, 0.3) is 11.1 Å². The van der Waals surface area contributed by atoms with Gasteiger partial charge in [-0.05, 0) is 55.0 Å². The minimum absolute atomic E-state index is 0.00843. The van der Waals surface area contributed by atoms with Crippen LogP contribution in [-0.4, -0.2) is 81.9 Å². The van der Waals surface area contributed by atoms with E-state index in [0.29, 0.717) is 31.2 Å². The Kier molecular flexibility index (Phi) is 7.69. The summed E-state index contributed by atoms with van der Waals surface area (Å²) in [5, 5.41) is 10.1. The van der Waals surface area contributed by atoms with Crippen molar-refractivity contribution in [1.82, 2.24) is 19.4 Å². The van der Waals surface area contributed by atoms with Gasteiger partial charge in [0.05, 0.1) is 30.8 Å². The van der Waals surface area contributed by atoms with Gasteiger partial charge in [-0.2, -0.15) is 0 Å². The Bertz CT molecular complexity index is 1210. The standard InChI is InChI=1S/C29H35FN4O3/c1-20(24-5-3-4-6-25(24)21-7-9-22(30)10-8-21)34-19-31-17-26(34)29(36)32-14-11-23(12-15-32)33-16-13-27(35)28(18-33)37-2/h3-10,17,19-20,23,27-28,35H,11-16,18H2,1-2H3/t20-,27-,28+/m0/s1. The van der Waals surface area contributed by atoms with Gasteiger partial charge >= 0.3 is 0 Å². The van der Waals surface area contributed by atoms with Crippen LogP contribution >= 0.6 is 0 Å². The number of piperidine rings is 2. The van der Waals surface area contributed by atoms with Crippen molar-refractivity contribution in [2.24, 2.45) is 0 Å². The van der Waals surface area contributed by atoms with E-state index in [1.807, 2.05) is 33.7 Å². The number of aromatic nitrogens is 2. The van der Waals surface area contributed by atoms with Crippen LogP contribution < -0.4 is 0 Å². The van der Waals surface area contributed by atoms with Crippen LogP contribution in [0, 0.1) is 5.82 Å². The van der Waals surface area contributed by atoms with Gasteiger partial charge in [0.2, 0.25) is 0 Å². The molecule has 3 aromatic rings. The second-order valence-corrected chi connectivity index (χ2v) is 10.1. The van der Waals surface area contributed by atoms with Crippen LogP contribution in [0.5, 0.6) is 0 Å². The fourth-order valence-corrected chi connectivity index (χ4v) is 5.77. The van der Waals surface area contributed by atoms with Gasteiger partial charge in [0.15, 0.2) is 0 Å². The lowest BCUT2D eigenvalue weighted by Crippen LogP contribution is -2.54. The molecule has 2 aromatic carbocycles. The van der Waals surface area contributed by atoms with Crippen molar-refractivity contribution in [2.75, 3.05) is 33.3 Å². The number of carbonyl (C=O) groups excluding carboxylic acids is 1. The van der Waals surface area contributed by atoms with Crippen molar-refractivity contribution in [1.29, 1.82) is 0 Å². The van der Waals surface area contributed by atoms with Crippen LogP contribution in [0.1, 0.15) is 48.3 Å². The molecule has 5 rings (SSSR count). The smallest absolute Gasteiger partial charge is 0.272 e. The summed E-state index contributed by atoms with van der Waals surface area (Å²) in [7, 11) is 1.65. The molecule has 0 unspecified atom stereocenters. The van der Waals surface area contributed by atoms with E-state index in [2.05, 4.69) is 16.8 Å². The van der Waals surface area contributed by atoms with E-state index in [1.54, 1.807) is 31.8 Å². The number of hydrogen-bond acceptors (Lipinski definition) is 5. The van der Waals surface area contributed by atoms with E-state index in [0.717, 1.165) is 42.6 Å². The van der Waals surface area contributed by atoms with Gasteiger partial charge in [0, 0.05) is 39.3 Å². The summed E-state index contributed by atoms with van der Waals surface area (Å²) in [6.45, 7) is 5.02. The third kappa shape index (κ3) is 5.32. The third-order valence-electron chi connectivity index (χ3n) is 8.00. The van der Waals surface area contributed by atoms with E-state index in [1.165, 1.54) is 12.1 Å². The average Bonchev–Trinajstić information content (AvgIpc) is 3.43. The molecule has 1 amide bonds. The molecule has 2 aliphatic rings. The van der Waals surface area contributed by atoms with Crippen LogP contribution in [0.2, 0.25) is 0 Å². The molecule has 0 bridgehead atoms. The summed E-state index contributed by atoms with van der Waals surface area (Å²) in [5.41, 5.74) is 3.55. The minimum atomic E-state index is -0.404. The third-order valence-corrected chi connectivity index (χ3v) is 8.00. The minimum Gasteiger partial charge on any atom is -0.390 e. The van der Waals surface area contributed by atoms with E-state index >= 15 is 0 Å². The Morgan fingerprint density at radius 2 is 1.81 bits per heavy atom. The molecule has 196 valence electrons. The highest BCUT2D eigenvalue weighted by molar-refractivity contribution is 5.92. The molecule has 2 aliphatic heterocycles. The van der Waals surface area contributed by atoms with E-state index in [4.69, 9.17) is 4.74 Å². The molecule has 3 heterocycles. The average molecular weight is 507 g/mol. The second kappa shape index (κ2) is 11.1. The molecular formula is C29H35FN4O3. The number of imidazole rings is 1. The maximum atomic E-state index is 13.6. The Morgan fingerprint density at radius 1 is 1.08 bits per heavy atom. The number of carbonyl (C=O) groups is 1. The van der Waals surface area contributed by atoms with Crippen molar-refractivity contribution >= 4 is 5.91 Å². The first kappa shape index (κ1) is 25.6. The number of nitrogens with zero attached hydrogens (tertiary/aromatic N) is 4. The highest BCUT2D eigenvalue weighted by Gasteiger charge is 2.34. The number of benzene rings is 2. The van der Waals surface area contributed by atoms with E-state index in [9.17, 15) is 14.3 Å². The SMILES string of the molecule is CO[C@@H]1CN(C2CCN(C(=O)c3cncn3[C@@H](C)c3ccccc3-c3ccc(F)cc3)CC2)CC[C@@H]1O. The lowest BCUT2D eigenvalue weighted by molar-refractivity contribution is -0.0740. The fourth-order valence-electron chi connectivity index (χ4n) is 5.77.